The molecule has 106 valence electrons. The number of aliphatic hydroxyl groups is 1. The molecular weight excluding hydrogens is 306 g/mol. The van der Waals surface area contributed by atoms with E-state index in [-0.39, 0.29) is 12.0 Å². The number of rotatable bonds is 6. The summed E-state index contributed by atoms with van der Waals surface area (Å²) in [6.45, 7) is 5.69. The van der Waals surface area contributed by atoms with Crippen LogP contribution in [0.5, 0.6) is 0 Å². The SMILES string of the molecule is Cc1cc(CNCC2(CCO)CCOC2)ccc1Br. The van der Waals surface area contributed by atoms with Gasteiger partial charge in [0.15, 0.2) is 0 Å². The summed E-state index contributed by atoms with van der Waals surface area (Å²) in [5, 5.41) is 12.7. The molecule has 0 spiro atoms. The molecule has 0 amide bonds. The van der Waals surface area contributed by atoms with Crippen LogP contribution in [0.2, 0.25) is 0 Å². The maximum Gasteiger partial charge on any atom is 0.0536 e. The monoisotopic (exact) mass is 327 g/mol. The fourth-order valence-corrected chi connectivity index (χ4v) is 2.85. The molecule has 1 aromatic carbocycles. The van der Waals surface area contributed by atoms with Crippen LogP contribution in [0, 0.1) is 12.3 Å². The fourth-order valence-electron chi connectivity index (χ4n) is 2.60. The predicted octanol–water partition coefficient (Wildman–Crippen LogP) is 2.64. The molecule has 0 aromatic heterocycles. The second-order valence-corrected chi connectivity index (χ2v) is 6.32. The molecule has 0 radical (unpaired) electrons. The Morgan fingerprint density at radius 2 is 2.32 bits per heavy atom. The van der Waals surface area contributed by atoms with Gasteiger partial charge in [-0.25, -0.2) is 0 Å². The highest BCUT2D eigenvalue weighted by Crippen LogP contribution is 2.31. The van der Waals surface area contributed by atoms with Gasteiger partial charge in [0.25, 0.3) is 0 Å². The summed E-state index contributed by atoms with van der Waals surface area (Å²) >= 11 is 3.52. The standard InChI is InChI=1S/C15H22BrNO2/c1-12-8-13(2-3-14(12)16)9-17-10-15(4-6-18)5-7-19-11-15/h2-3,8,17-18H,4-7,9-11H2,1H3. The molecule has 1 atom stereocenters. The minimum absolute atomic E-state index is 0.124. The zero-order valence-electron chi connectivity index (χ0n) is 11.4. The minimum atomic E-state index is 0.124. The maximum absolute atomic E-state index is 9.19. The van der Waals surface area contributed by atoms with E-state index in [9.17, 15) is 5.11 Å². The molecule has 0 bridgehead atoms. The maximum atomic E-state index is 9.19. The summed E-state index contributed by atoms with van der Waals surface area (Å²) < 4.78 is 6.64. The van der Waals surface area contributed by atoms with Gasteiger partial charge in [-0.05, 0) is 37.0 Å². The molecular formula is C15H22BrNO2. The van der Waals surface area contributed by atoms with Gasteiger partial charge < -0.3 is 15.2 Å². The Morgan fingerprint density at radius 1 is 1.47 bits per heavy atom. The summed E-state index contributed by atoms with van der Waals surface area (Å²) in [6.07, 6.45) is 1.86. The van der Waals surface area contributed by atoms with E-state index >= 15 is 0 Å². The molecule has 1 fully saturated rings. The van der Waals surface area contributed by atoms with Gasteiger partial charge in [0.2, 0.25) is 0 Å². The molecule has 1 aliphatic rings. The van der Waals surface area contributed by atoms with E-state index < -0.39 is 0 Å². The molecule has 3 nitrogen and oxygen atoms in total. The van der Waals surface area contributed by atoms with E-state index in [0.717, 1.165) is 43.6 Å². The van der Waals surface area contributed by atoms with Crippen molar-refractivity contribution in [1.29, 1.82) is 0 Å². The fraction of sp³-hybridized carbons (Fsp3) is 0.600. The molecule has 4 heteroatoms. The minimum Gasteiger partial charge on any atom is -0.396 e. The van der Waals surface area contributed by atoms with Gasteiger partial charge >= 0.3 is 0 Å². The molecule has 1 heterocycles. The van der Waals surface area contributed by atoms with Gasteiger partial charge in [-0.15, -0.1) is 0 Å². The van der Waals surface area contributed by atoms with Crippen LogP contribution in [0.15, 0.2) is 22.7 Å². The van der Waals surface area contributed by atoms with Gasteiger partial charge in [-0.1, -0.05) is 28.1 Å². The van der Waals surface area contributed by atoms with Gasteiger partial charge in [-0.2, -0.15) is 0 Å². The number of halogens is 1. The highest BCUT2D eigenvalue weighted by atomic mass is 79.9. The van der Waals surface area contributed by atoms with Crippen molar-refractivity contribution in [3.05, 3.63) is 33.8 Å². The van der Waals surface area contributed by atoms with Crippen molar-refractivity contribution in [3.8, 4) is 0 Å². The summed E-state index contributed by atoms with van der Waals surface area (Å²) in [5.74, 6) is 0. The quantitative estimate of drug-likeness (QED) is 0.844. The van der Waals surface area contributed by atoms with Crippen LogP contribution < -0.4 is 5.32 Å². The molecule has 1 unspecified atom stereocenters. The van der Waals surface area contributed by atoms with Gasteiger partial charge in [0, 0.05) is 36.2 Å². The van der Waals surface area contributed by atoms with Crippen LogP contribution in [0.1, 0.15) is 24.0 Å². The first-order valence-electron chi connectivity index (χ1n) is 6.80. The first kappa shape index (κ1) is 15.0. The Hall–Kier alpha value is -0.420. The molecule has 2 rings (SSSR count). The average Bonchev–Trinajstić information content (AvgIpc) is 2.83. The number of hydrogen-bond acceptors (Lipinski definition) is 3. The van der Waals surface area contributed by atoms with E-state index in [1.165, 1.54) is 11.1 Å². The first-order chi connectivity index (χ1) is 9.15. The average molecular weight is 328 g/mol. The summed E-state index contributed by atoms with van der Waals surface area (Å²) in [6, 6.07) is 6.42. The van der Waals surface area contributed by atoms with Gasteiger partial charge in [0.1, 0.15) is 0 Å². The van der Waals surface area contributed by atoms with Crippen LogP contribution in [-0.2, 0) is 11.3 Å². The van der Waals surface area contributed by atoms with Crippen LogP contribution in [0.4, 0.5) is 0 Å². The van der Waals surface area contributed by atoms with Crippen LogP contribution in [-0.4, -0.2) is 31.5 Å². The number of aliphatic hydroxyl groups excluding tert-OH is 1. The number of hydrogen-bond donors (Lipinski definition) is 2. The summed E-state index contributed by atoms with van der Waals surface area (Å²) in [7, 11) is 0. The topological polar surface area (TPSA) is 41.5 Å². The molecule has 0 saturated carbocycles. The highest BCUT2D eigenvalue weighted by molar-refractivity contribution is 9.10. The Bertz CT molecular complexity index is 417. The van der Waals surface area contributed by atoms with Crippen molar-refractivity contribution >= 4 is 15.9 Å². The molecule has 1 aromatic rings. The molecule has 19 heavy (non-hydrogen) atoms. The number of ether oxygens (including phenoxy) is 1. The van der Waals surface area contributed by atoms with Crippen molar-refractivity contribution in [1.82, 2.24) is 5.32 Å². The van der Waals surface area contributed by atoms with E-state index in [1.54, 1.807) is 0 Å². The number of nitrogens with one attached hydrogen (secondary N) is 1. The van der Waals surface area contributed by atoms with Crippen molar-refractivity contribution in [2.24, 2.45) is 5.41 Å². The third kappa shape index (κ3) is 4.02. The lowest BCUT2D eigenvalue weighted by molar-refractivity contribution is 0.124. The third-order valence-electron chi connectivity index (χ3n) is 3.88. The van der Waals surface area contributed by atoms with Crippen LogP contribution in [0.25, 0.3) is 0 Å². The van der Waals surface area contributed by atoms with E-state index in [4.69, 9.17) is 4.74 Å². The normalized spacial score (nSPS) is 22.9. The summed E-state index contributed by atoms with van der Waals surface area (Å²) in [5.41, 5.74) is 2.67. The third-order valence-corrected chi connectivity index (χ3v) is 4.77. The van der Waals surface area contributed by atoms with E-state index in [0.29, 0.717) is 0 Å². The highest BCUT2D eigenvalue weighted by Gasteiger charge is 2.33. The second-order valence-electron chi connectivity index (χ2n) is 5.46. The molecule has 0 aliphatic carbocycles. The van der Waals surface area contributed by atoms with Gasteiger partial charge in [-0.3, -0.25) is 0 Å². The number of aryl methyl sites for hydroxylation is 1. The Kier molecular flexibility index (Phi) is 5.39. The molecule has 1 aliphatic heterocycles. The lowest BCUT2D eigenvalue weighted by Gasteiger charge is -2.27. The predicted molar refractivity (Wildman–Crippen MR) is 80.2 cm³/mol. The molecule has 2 N–H and O–H groups in total. The zero-order chi connectivity index (χ0) is 13.7. The lowest BCUT2D eigenvalue weighted by atomic mass is 9.84. The summed E-state index contributed by atoms with van der Waals surface area (Å²) in [4.78, 5) is 0. The van der Waals surface area contributed by atoms with E-state index in [1.807, 2.05) is 0 Å². The first-order valence-corrected chi connectivity index (χ1v) is 7.59. The lowest BCUT2D eigenvalue weighted by Crippen LogP contribution is -2.35. The van der Waals surface area contributed by atoms with Crippen molar-refractivity contribution < 1.29 is 9.84 Å². The van der Waals surface area contributed by atoms with Crippen molar-refractivity contribution in [3.63, 3.8) is 0 Å². The van der Waals surface area contributed by atoms with E-state index in [2.05, 4.69) is 46.4 Å². The Balaban J connectivity index is 1.86. The van der Waals surface area contributed by atoms with Gasteiger partial charge in [0.05, 0.1) is 6.61 Å². The van der Waals surface area contributed by atoms with Crippen molar-refractivity contribution in [2.75, 3.05) is 26.4 Å². The largest absolute Gasteiger partial charge is 0.396 e. The number of benzene rings is 1. The van der Waals surface area contributed by atoms with Crippen molar-refractivity contribution in [2.45, 2.75) is 26.3 Å². The van der Waals surface area contributed by atoms with Crippen LogP contribution in [0.3, 0.4) is 0 Å². The zero-order valence-corrected chi connectivity index (χ0v) is 13.0. The molecule has 1 saturated heterocycles. The second kappa shape index (κ2) is 6.84. The van der Waals surface area contributed by atoms with Crippen LogP contribution >= 0.6 is 15.9 Å². The Morgan fingerprint density at radius 3 is 2.95 bits per heavy atom. The smallest absolute Gasteiger partial charge is 0.0536 e. The Labute approximate surface area is 123 Å².